The van der Waals surface area contributed by atoms with Gasteiger partial charge in [0.25, 0.3) is 0 Å². The molecule has 2 heterocycles. The minimum Gasteiger partial charge on any atom is -0.383 e. The second-order valence-electron chi connectivity index (χ2n) is 7.76. The maximum Gasteiger partial charge on any atom is 0.232 e. The van der Waals surface area contributed by atoms with Gasteiger partial charge in [0.2, 0.25) is 11.8 Å². The Kier molecular flexibility index (Phi) is 5.95. The number of rotatable bonds is 8. The molecule has 2 fully saturated rings. The summed E-state index contributed by atoms with van der Waals surface area (Å²) in [6.07, 6.45) is 5.57. The first-order valence-electron chi connectivity index (χ1n) is 10.3. The van der Waals surface area contributed by atoms with E-state index in [0.717, 1.165) is 61.5 Å². The van der Waals surface area contributed by atoms with E-state index in [1.165, 1.54) is 6.42 Å². The molecule has 1 aliphatic carbocycles. The largest absolute Gasteiger partial charge is 0.383 e. The molecule has 0 N–H and O–H groups in total. The van der Waals surface area contributed by atoms with E-state index in [1.807, 2.05) is 35.2 Å². The highest BCUT2D eigenvalue weighted by molar-refractivity contribution is 5.81. The van der Waals surface area contributed by atoms with Crippen LogP contribution in [0.2, 0.25) is 0 Å². The third-order valence-electron chi connectivity index (χ3n) is 5.61. The van der Waals surface area contributed by atoms with Crippen LogP contribution in [0, 0.1) is 5.92 Å². The molecule has 1 saturated heterocycles. The Hall–Kier alpha value is -2.34. The molecule has 2 aromatic rings. The summed E-state index contributed by atoms with van der Waals surface area (Å²) < 4.78 is 11.1. The number of carbonyl (C=O) groups is 1. The summed E-state index contributed by atoms with van der Waals surface area (Å²) in [4.78, 5) is 17.1. The first kappa shape index (κ1) is 19.0. The Balaban J connectivity index is 1.67. The van der Waals surface area contributed by atoms with Crippen molar-refractivity contribution in [3.05, 3.63) is 35.9 Å². The SMILES string of the molecule is COCCN(Cc1c(-c2ccccc2)noc1N1CCCCC1)C(=O)C1CC1. The number of anilines is 1. The van der Waals surface area contributed by atoms with Gasteiger partial charge in [0.05, 0.1) is 18.7 Å². The zero-order valence-electron chi connectivity index (χ0n) is 16.6. The van der Waals surface area contributed by atoms with E-state index in [2.05, 4.69) is 10.1 Å². The van der Waals surface area contributed by atoms with Gasteiger partial charge in [-0.1, -0.05) is 35.5 Å². The molecule has 1 saturated carbocycles. The van der Waals surface area contributed by atoms with Crippen molar-refractivity contribution in [2.75, 3.05) is 38.3 Å². The van der Waals surface area contributed by atoms with Gasteiger partial charge in [0.15, 0.2) is 0 Å². The molecule has 6 heteroatoms. The lowest BCUT2D eigenvalue weighted by Gasteiger charge is -2.28. The number of hydrogen-bond acceptors (Lipinski definition) is 5. The van der Waals surface area contributed by atoms with Gasteiger partial charge in [-0.25, -0.2) is 0 Å². The molecule has 0 unspecified atom stereocenters. The normalized spacial score (nSPS) is 17.0. The smallest absolute Gasteiger partial charge is 0.232 e. The van der Waals surface area contributed by atoms with E-state index in [0.29, 0.717) is 19.7 Å². The van der Waals surface area contributed by atoms with Crippen LogP contribution in [0.1, 0.15) is 37.7 Å². The highest BCUT2D eigenvalue weighted by atomic mass is 16.5. The molecule has 0 radical (unpaired) electrons. The van der Waals surface area contributed by atoms with Crippen LogP contribution in [0.4, 0.5) is 5.88 Å². The van der Waals surface area contributed by atoms with E-state index < -0.39 is 0 Å². The van der Waals surface area contributed by atoms with Gasteiger partial charge in [-0.15, -0.1) is 0 Å². The fourth-order valence-corrected chi connectivity index (χ4v) is 3.86. The van der Waals surface area contributed by atoms with Crippen LogP contribution in [-0.2, 0) is 16.1 Å². The monoisotopic (exact) mass is 383 g/mol. The predicted molar refractivity (Wildman–Crippen MR) is 108 cm³/mol. The molecular formula is C22H29N3O3. The fraction of sp³-hybridized carbons (Fsp3) is 0.545. The third kappa shape index (κ3) is 4.22. The summed E-state index contributed by atoms with van der Waals surface area (Å²) in [5, 5.41) is 4.43. The van der Waals surface area contributed by atoms with Gasteiger partial charge in [-0.3, -0.25) is 4.79 Å². The Morgan fingerprint density at radius 1 is 1.21 bits per heavy atom. The highest BCUT2D eigenvalue weighted by Crippen LogP contribution is 2.36. The number of aromatic nitrogens is 1. The molecule has 1 aromatic heterocycles. The quantitative estimate of drug-likeness (QED) is 0.695. The molecule has 0 spiro atoms. The molecular weight excluding hydrogens is 354 g/mol. The number of hydrogen-bond donors (Lipinski definition) is 0. The van der Waals surface area contributed by atoms with Crippen molar-refractivity contribution in [1.82, 2.24) is 10.1 Å². The molecule has 0 bridgehead atoms. The van der Waals surface area contributed by atoms with E-state index in [-0.39, 0.29) is 11.8 Å². The van der Waals surface area contributed by atoms with Gasteiger partial charge in [-0.2, -0.15) is 0 Å². The molecule has 28 heavy (non-hydrogen) atoms. The minimum absolute atomic E-state index is 0.176. The summed E-state index contributed by atoms with van der Waals surface area (Å²) in [6.45, 7) is 3.59. The molecule has 4 rings (SSSR count). The average Bonchev–Trinajstić information content (AvgIpc) is 3.52. The Bertz CT molecular complexity index is 780. The zero-order chi connectivity index (χ0) is 19.3. The van der Waals surface area contributed by atoms with Crippen LogP contribution in [0.3, 0.4) is 0 Å². The number of carbonyl (C=O) groups excluding carboxylic acids is 1. The zero-order valence-corrected chi connectivity index (χ0v) is 16.6. The lowest BCUT2D eigenvalue weighted by molar-refractivity contribution is -0.133. The lowest BCUT2D eigenvalue weighted by atomic mass is 10.1. The minimum atomic E-state index is 0.176. The standard InChI is InChI=1S/C22H29N3O3/c1-27-15-14-25(21(26)18-10-11-18)16-19-20(17-8-4-2-5-9-17)23-28-22(19)24-12-6-3-7-13-24/h2,4-5,8-9,18H,3,6-7,10-16H2,1H3. The Labute approximate surface area is 166 Å². The van der Waals surface area contributed by atoms with Crippen LogP contribution in [0.5, 0.6) is 0 Å². The molecule has 2 aliphatic rings. The third-order valence-corrected chi connectivity index (χ3v) is 5.61. The first-order valence-corrected chi connectivity index (χ1v) is 10.3. The second-order valence-corrected chi connectivity index (χ2v) is 7.76. The lowest BCUT2D eigenvalue weighted by Crippen LogP contribution is -2.36. The van der Waals surface area contributed by atoms with Gasteiger partial charge < -0.3 is 19.1 Å². The van der Waals surface area contributed by atoms with Gasteiger partial charge in [-0.05, 0) is 32.1 Å². The van der Waals surface area contributed by atoms with Gasteiger partial charge >= 0.3 is 0 Å². The van der Waals surface area contributed by atoms with E-state index in [4.69, 9.17) is 9.26 Å². The van der Waals surface area contributed by atoms with Crippen molar-refractivity contribution < 1.29 is 14.1 Å². The van der Waals surface area contributed by atoms with Crippen LogP contribution in [-0.4, -0.2) is 49.3 Å². The van der Waals surface area contributed by atoms with Crippen molar-refractivity contribution in [3.63, 3.8) is 0 Å². The van der Waals surface area contributed by atoms with E-state index >= 15 is 0 Å². The summed E-state index contributed by atoms with van der Waals surface area (Å²) in [7, 11) is 1.67. The van der Waals surface area contributed by atoms with Crippen LogP contribution in [0.25, 0.3) is 11.3 Å². The van der Waals surface area contributed by atoms with Crippen LogP contribution >= 0.6 is 0 Å². The maximum atomic E-state index is 12.9. The van der Waals surface area contributed by atoms with Crippen molar-refractivity contribution in [1.29, 1.82) is 0 Å². The average molecular weight is 383 g/mol. The number of ether oxygens (including phenoxy) is 1. The number of nitrogens with zero attached hydrogens (tertiary/aromatic N) is 3. The molecule has 1 aliphatic heterocycles. The molecule has 1 amide bonds. The van der Waals surface area contributed by atoms with Crippen molar-refractivity contribution >= 4 is 11.8 Å². The molecule has 150 valence electrons. The molecule has 6 nitrogen and oxygen atoms in total. The fourth-order valence-electron chi connectivity index (χ4n) is 3.86. The van der Waals surface area contributed by atoms with E-state index in [9.17, 15) is 4.79 Å². The summed E-state index contributed by atoms with van der Waals surface area (Å²) in [6, 6.07) is 10.1. The second kappa shape index (κ2) is 8.78. The predicted octanol–water partition coefficient (Wildman–Crippen LogP) is 3.72. The van der Waals surface area contributed by atoms with Crippen molar-refractivity contribution in [2.45, 2.75) is 38.6 Å². The molecule has 0 atom stereocenters. The molecule has 1 aromatic carbocycles. The summed E-state index contributed by atoms with van der Waals surface area (Å²) >= 11 is 0. The van der Waals surface area contributed by atoms with Crippen molar-refractivity contribution in [2.24, 2.45) is 5.92 Å². The Morgan fingerprint density at radius 2 is 1.96 bits per heavy atom. The van der Waals surface area contributed by atoms with E-state index in [1.54, 1.807) is 7.11 Å². The van der Waals surface area contributed by atoms with Crippen molar-refractivity contribution in [3.8, 4) is 11.3 Å². The summed E-state index contributed by atoms with van der Waals surface area (Å²) in [5.41, 5.74) is 2.88. The number of amides is 1. The maximum absolute atomic E-state index is 12.9. The van der Waals surface area contributed by atoms with Crippen LogP contribution in [0.15, 0.2) is 34.9 Å². The first-order chi connectivity index (χ1) is 13.8. The topological polar surface area (TPSA) is 58.8 Å². The number of piperidine rings is 1. The number of benzene rings is 1. The number of methoxy groups -OCH3 is 1. The summed E-state index contributed by atoms with van der Waals surface area (Å²) in [5.74, 6) is 1.22. The van der Waals surface area contributed by atoms with Gasteiger partial charge in [0.1, 0.15) is 5.69 Å². The van der Waals surface area contributed by atoms with Gasteiger partial charge in [0, 0.05) is 38.2 Å². The highest BCUT2D eigenvalue weighted by Gasteiger charge is 2.35. The van der Waals surface area contributed by atoms with Crippen LogP contribution < -0.4 is 4.90 Å². The Morgan fingerprint density at radius 3 is 2.64 bits per heavy atom.